The summed E-state index contributed by atoms with van der Waals surface area (Å²) in [4.78, 5) is 77.1. The molecular formula is C56H97N5O13. The van der Waals surface area contributed by atoms with E-state index in [4.69, 9.17) is 38.3 Å². The highest BCUT2D eigenvalue weighted by molar-refractivity contribution is 5.90. The van der Waals surface area contributed by atoms with Crippen LogP contribution in [0, 0.1) is 35.5 Å². The Bertz CT molecular complexity index is 1740. The Labute approximate surface area is 443 Å². The van der Waals surface area contributed by atoms with E-state index >= 15 is 0 Å². The molecule has 0 saturated carbocycles. The Morgan fingerprint density at radius 1 is 0.743 bits per heavy atom. The number of hydrogen-bond acceptors (Lipinski definition) is 15. The number of nitrogens with zero attached hydrogens (tertiary/aromatic N) is 3. The van der Waals surface area contributed by atoms with Gasteiger partial charge in [0.1, 0.15) is 5.78 Å². The van der Waals surface area contributed by atoms with Gasteiger partial charge in [0.05, 0.1) is 109 Å². The van der Waals surface area contributed by atoms with E-state index in [2.05, 4.69) is 43.2 Å². The highest BCUT2D eigenvalue weighted by Gasteiger charge is 2.44. The number of ether oxygens (including phenoxy) is 7. The molecule has 0 radical (unpaired) electrons. The van der Waals surface area contributed by atoms with Crippen LogP contribution in [0.2, 0.25) is 0 Å². The van der Waals surface area contributed by atoms with E-state index in [1.807, 2.05) is 56.0 Å². The quantitative estimate of drug-likeness (QED) is 0.0794. The molecule has 3 amide bonds. The highest BCUT2D eigenvalue weighted by Crippen LogP contribution is 2.32. The SMILES string of the molecule is CC[C@H](C)[C@@H]([C@@H](CC(=O)N1CCC[C@H]1[C@H](OC)[C@@H](C)C(=O)C[C@@H](Cc1ccccc1)C(=O)NCCOCCOCCOCCOCCOCCO)OC)N(C)C(=O)[C@@H](CC(=O)[C@H](C(C)C)N1CCNCC1)C(C)C. The Morgan fingerprint density at radius 3 is 1.85 bits per heavy atom. The lowest BCUT2D eigenvalue weighted by Crippen LogP contribution is -2.55. The number of benzene rings is 1. The average Bonchev–Trinajstić information content (AvgIpc) is 3.88. The maximum Gasteiger partial charge on any atom is 0.226 e. The van der Waals surface area contributed by atoms with Crippen LogP contribution in [-0.4, -0.2) is 213 Å². The summed E-state index contributed by atoms with van der Waals surface area (Å²) in [6, 6.07) is 8.55. The highest BCUT2D eigenvalue weighted by atomic mass is 16.6. The first-order valence-corrected chi connectivity index (χ1v) is 27.5. The van der Waals surface area contributed by atoms with Gasteiger partial charge in [-0.25, -0.2) is 0 Å². The fraction of sp³-hybridized carbons (Fsp3) is 0.804. The molecule has 2 saturated heterocycles. The summed E-state index contributed by atoms with van der Waals surface area (Å²) in [6.45, 7) is 21.9. The Kier molecular flexibility index (Phi) is 32.1. The Hall–Kier alpha value is -3.43. The van der Waals surface area contributed by atoms with Gasteiger partial charge in [0.25, 0.3) is 0 Å². The molecule has 3 N–H and O–H groups in total. The summed E-state index contributed by atoms with van der Waals surface area (Å²) in [6.07, 6.45) is 1.41. The molecule has 74 heavy (non-hydrogen) atoms. The minimum atomic E-state index is -0.642. The lowest BCUT2D eigenvalue weighted by Gasteiger charge is -2.41. The first-order chi connectivity index (χ1) is 35.6. The van der Waals surface area contributed by atoms with Gasteiger partial charge in [-0.3, -0.25) is 28.9 Å². The molecule has 0 spiro atoms. The predicted molar refractivity (Wildman–Crippen MR) is 285 cm³/mol. The molecule has 1 aromatic carbocycles. The van der Waals surface area contributed by atoms with Gasteiger partial charge in [0, 0.05) is 91.1 Å². The number of carbonyl (C=O) groups is 5. The topological polar surface area (TPSA) is 204 Å². The molecular weight excluding hydrogens is 951 g/mol. The van der Waals surface area contributed by atoms with Gasteiger partial charge in [-0.15, -0.1) is 0 Å². The molecule has 9 atom stereocenters. The predicted octanol–water partition coefficient (Wildman–Crippen LogP) is 4.08. The van der Waals surface area contributed by atoms with Gasteiger partial charge in [0.2, 0.25) is 17.7 Å². The Balaban J connectivity index is 1.61. The first kappa shape index (κ1) is 64.9. The van der Waals surface area contributed by atoms with Gasteiger partial charge in [-0.2, -0.15) is 0 Å². The fourth-order valence-electron chi connectivity index (χ4n) is 10.5. The second-order valence-corrected chi connectivity index (χ2v) is 20.7. The van der Waals surface area contributed by atoms with Gasteiger partial charge in [0.15, 0.2) is 5.78 Å². The first-order valence-electron chi connectivity index (χ1n) is 27.5. The standard InChI is InChI=1S/C56H97N5O13/c1-11-42(6)53(59(8)56(67)46(40(2)3)38-49(64)52(41(4)5)60-23-19-57-20-24-60)50(68-9)39-51(65)61-22-15-18-47(61)54(69-10)43(7)48(63)37-45(36-44-16-13-12-14-17-44)55(66)58-21-26-70-28-30-72-32-34-74-35-33-73-31-29-71-27-25-62/h12-14,16-17,40-43,45-47,50,52-54,57,62H,11,15,18-39H2,1-10H3,(H,58,66)/t42-,43-,45+,46-,47-,50+,52-,53-,54+/m0/s1. The maximum absolute atomic E-state index is 14.6. The summed E-state index contributed by atoms with van der Waals surface area (Å²) < 4.78 is 39.5. The zero-order chi connectivity index (χ0) is 54.4. The van der Waals surface area contributed by atoms with E-state index in [1.54, 1.807) is 26.2 Å². The van der Waals surface area contributed by atoms with E-state index in [0.717, 1.165) is 44.6 Å². The molecule has 18 heteroatoms. The normalized spacial score (nSPS) is 18.7. The van der Waals surface area contributed by atoms with Crippen LogP contribution in [0.1, 0.15) is 92.6 Å². The summed E-state index contributed by atoms with van der Waals surface area (Å²) in [7, 11) is 4.94. The fourth-order valence-corrected chi connectivity index (χ4v) is 10.5. The molecule has 3 rings (SSSR count). The van der Waals surface area contributed by atoms with Crippen LogP contribution in [0.4, 0.5) is 0 Å². The number of nitrogens with one attached hydrogen (secondary N) is 2. The lowest BCUT2D eigenvalue weighted by molar-refractivity contribution is -0.149. The van der Waals surface area contributed by atoms with E-state index in [0.29, 0.717) is 78.8 Å². The summed E-state index contributed by atoms with van der Waals surface area (Å²) in [5, 5.41) is 15.1. The van der Waals surface area contributed by atoms with E-state index in [9.17, 15) is 24.0 Å². The number of ketones is 2. The van der Waals surface area contributed by atoms with Gasteiger partial charge in [-0.1, -0.05) is 85.2 Å². The monoisotopic (exact) mass is 1050 g/mol. The molecule has 0 bridgehead atoms. The van der Waals surface area contributed by atoms with Crippen molar-refractivity contribution in [2.24, 2.45) is 35.5 Å². The lowest BCUT2D eigenvalue weighted by atomic mass is 9.83. The number of hydrogen-bond donors (Lipinski definition) is 3. The molecule has 2 heterocycles. The van der Waals surface area contributed by atoms with Gasteiger partial charge < -0.3 is 58.7 Å². The molecule has 0 aromatic heterocycles. The van der Waals surface area contributed by atoms with Crippen molar-refractivity contribution in [2.45, 2.75) is 124 Å². The summed E-state index contributed by atoms with van der Waals surface area (Å²) in [5.74, 6) is -2.34. The van der Waals surface area contributed by atoms with Crippen molar-refractivity contribution in [3.8, 4) is 0 Å². The number of aliphatic hydroxyl groups excluding tert-OH is 1. The number of Topliss-reactive ketones (excluding diaryl/α,β-unsaturated/α-hetero) is 2. The third-order valence-corrected chi connectivity index (χ3v) is 14.8. The van der Waals surface area contributed by atoms with Crippen LogP contribution in [0.3, 0.4) is 0 Å². The zero-order valence-electron chi connectivity index (χ0n) is 46.9. The van der Waals surface area contributed by atoms with E-state index in [-0.39, 0.29) is 98.1 Å². The molecule has 18 nitrogen and oxygen atoms in total. The minimum absolute atomic E-state index is 0.0100. The average molecular weight is 1050 g/mol. The summed E-state index contributed by atoms with van der Waals surface area (Å²) >= 11 is 0. The number of carbonyl (C=O) groups excluding carboxylic acids is 5. The van der Waals surface area contributed by atoms with Crippen LogP contribution in [-0.2, 0) is 63.6 Å². The van der Waals surface area contributed by atoms with Gasteiger partial charge >= 0.3 is 0 Å². The molecule has 1 aromatic rings. The number of likely N-dealkylation sites (N-methyl/N-ethyl adjacent to an activating group) is 1. The molecule has 2 fully saturated rings. The van der Waals surface area contributed by atoms with Crippen molar-refractivity contribution in [1.82, 2.24) is 25.3 Å². The summed E-state index contributed by atoms with van der Waals surface area (Å²) in [5.41, 5.74) is 0.937. The van der Waals surface area contributed by atoms with Crippen LogP contribution in [0.25, 0.3) is 0 Å². The van der Waals surface area contributed by atoms with Crippen LogP contribution < -0.4 is 10.6 Å². The second kappa shape index (κ2) is 36.6. The largest absolute Gasteiger partial charge is 0.394 e. The molecule has 0 unspecified atom stereocenters. The number of aliphatic hydroxyl groups is 1. The number of amides is 3. The number of methoxy groups -OCH3 is 2. The van der Waals surface area contributed by atoms with Crippen LogP contribution >= 0.6 is 0 Å². The van der Waals surface area contributed by atoms with E-state index < -0.39 is 36.0 Å². The molecule has 424 valence electrons. The Morgan fingerprint density at radius 2 is 1.32 bits per heavy atom. The molecule has 0 aliphatic carbocycles. The van der Waals surface area contributed by atoms with Crippen LogP contribution in [0.5, 0.6) is 0 Å². The molecule has 2 aliphatic heterocycles. The van der Waals surface area contributed by atoms with Crippen molar-refractivity contribution >= 4 is 29.3 Å². The van der Waals surface area contributed by atoms with Gasteiger partial charge in [-0.05, 0) is 42.6 Å². The van der Waals surface area contributed by atoms with Crippen molar-refractivity contribution < 1.29 is 62.2 Å². The van der Waals surface area contributed by atoms with Crippen molar-refractivity contribution in [3.63, 3.8) is 0 Å². The maximum atomic E-state index is 14.6. The smallest absolute Gasteiger partial charge is 0.226 e. The third kappa shape index (κ3) is 21.9. The molecule has 2 aliphatic rings. The number of piperazine rings is 1. The minimum Gasteiger partial charge on any atom is -0.394 e. The van der Waals surface area contributed by atoms with Crippen molar-refractivity contribution in [3.05, 3.63) is 35.9 Å². The van der Waals surface area contributed by atoms with Crippen LogP contribution in [0.15, 0.2) is 30.3 Å². The van der Waals surface area contributed by atoms with Crippen molar-refractivity contribution in [2.75, 3.05) is 133 Å². The second-order valence-electron chi connectivity index (χ2n) is 20.7. The van der Waals surface area contributed by atoms with Crippen molar-refractivity contribution in [1.29, 1.82) is 0 Å². The zero-order valence-corrected chi connectivity index (χ0v) is 46.9. The van der Waals surface area contributed by atoms with E-state index in [1.165, 1.54) is 0 Å². The third-order valence-electron chi connectivity index (χ3n) is 14.8. The number of likely N-dealkylation sites (tertiary alicyclic amines) is 1. The number of rotatable bonds is 40.